The molecule has 25 heavy (non-hydrogen) atoms. The molecule has 2 saturated heterocycles. The van der Waals surface area contributed by atoms with Crippen LogP contribution in [0, 0.1) is 0 Å². The van der Waals surface area contributed by atoms with E-state index in [0.29, 0.717) is 13.1 Å². The van der Waals surface area contributed by atoms with Gasteiger partial charge >= 0.3 is 0 Å². The van der Waals surface area contributed by atoms with E-state index in [2.05, 4.69) is 26.9 Å². The Morgan fingerprint density at radius 1 is 1.08 bits per heavy atom. The fraction of sp³-hybridized carbons (Fsp3) is 0.941. The lowest BCUT2D eigenvalue weighted by atomic mass is 10.2. The summed E-state index contributed by atoms with van der Waals surface area (Å²) >= 11 is 0. The summed E-state index contributed by atoms with van der Waals surface area (Å²) in [5, 5.41) is 3.33. The van der Waals surface area contributed by atoms with Crippen molar-refractivity contribution < 1.29 is 8.42 Å². The van der Waals surface area contributed by atoms with Crippen molar-refractivity contribution in [2.75, 3.05) is 71.2 Å². The first-order valence-corrected chi connectivity index (χ1v) is 11.1. The van der Waals surface area contributed by atoms with E-state index in [1.807, 2.05) is 20.8 Å². The molecular formula is C17H35N5O2S. The molecule has 0 aromatic heterocycles. The molecule has 0 aromatic rings. The summed E-state index contributed by atoms with van der Waals surface area (Å²) in [6, 6.07) is 0. The molecule has 1 N–H and O–H groups in total. The minimum Gasteiger partial charge on any atom is -0.357 e. The first kappa shape index (κ1) is 20.5. The minimum absolute atomic E-state index is 0.198. The van der Waals surface area contributed by atoms with Gasteiger partial charge in [-0.15, -0.1) is 0 Å². The lowest BCUT2D eigenvalue weighted by molar-refractivity contribution is 0.140. The van der Waals surface area contributed by atoms with Crippen molar-refractivity contribution in [2.24, 2.45) is 4.99 Å². The van der Waals surface area contributed by atoms with Gasteiger partial charge < -0.3 is 15.1 Å². The maximum absolute atomic E-state index is 12.2. The largest absolute Gasteiger partial charge is 0.357 e. The number of nitrogens with zero attached hydrogens (tertiary/aromatic N) is 4. The van der Waals surface area contributed by atoms with Gasteiger partial charge in [0, 0.05) is 52.4 Å². The average Bonchev–Trinajstić information content (AvgIpc) is 2.57. The van der Waals surface area contributed by atoms with Crippen LogP contribution in [0.25, 0.3) is 0 Å². The van der Waals surface area contributed by atoms with Crippen LogP contribution < -0.4 is 5.32 Å². The summed E-state index contributed by atoms with van der Waals surface area (Å²) in [5.41, 5.74) is 0. The molecule has 0 saturated carbocycles. The number of nitrogens with one attached hydrogen (secondary N) is 1. The molecule has 8 heteroatoms. The van der Waals surface area contributed by atoms with Gasteiger partial charge in [-0.05, 0) is 27.3 Å². The Balaban J connectivity index is 1.91. The summed E-state index contributed by atoms with van der Waals surface area (Å²) < 4.78 is 23.7. The maximum Gasteiger partial charge on any atom is 0.194 e. The maximum atomic E-state index is 12.2. The molecule has 0 amide bonds. The third kappa shape index (κ3) is 5.31. The fourth-order valence-corrected chi connectivity index (χ4v) is 4.74. The molecule has 7 nitrogen and oxygen atoms in total. The van der Waals surface area contributed by atoms with Crippen LogP contribution in [0.4, 0.5) is 0 Å². The molecule has 2 aliphatic heterocycles. The van der Waals surface area contributed by atoms with Crippen LogP contribution in [-0.4, -0.2) is 105 Å². The van der Waals surface area contributed by atoms with Crippen molar-refractivity contribution in [1.82, 2.24) is 20.0 Å². The average molecular weight is 374 g/mol. The standard InChI is InChI=1S/C17H35N5O2S/c1-5-18-16(22-13-14-25(23,24)17(3,4)15-22)19-7-8-21-11-9-20(6-2)10-12-21/h5-15H2,1-4H3,(H,18,19). The monoisotopic (exact) mass is 373 g/mol. The number of hydrogen-bond donors (Lipinski definition) is 1. The molecule has 146 valence electrons. The topological polar surface area (TPSA) is 68.2 Å². The van der Waals surface area contributed by atoms with Crippen molar-refractivity contribution in [3.05, 3.63) is 0 Å². The predicted molar refractivity (Wildman–Crippen MR) is 104 cm³/mol. The van der Waals surface area contributed by atoms with Gasteiger partial charge in [0.25, 0.3) is 0 Å². The zero-order valence-corrected chi connectivity index (χ0v) is 17.1. The third-order valence-corrected chi connectivity index (χ3v) is 7.80. The Kier molecular flexibility index (Phi) is 7.10. The molecule has 0 spiro atoms. The number of guanidine groups is 1. The van der Waals surface area contributed by atoms with Crippen molar-refractivity contribution in [2.45, 2.75) is 32.4 Å². The molecule has 0 unspecified atom stereocenters. The third-order valence-electron chi connectivity index (χ3n) is 5.27. The second kappa shape index (κ2) is 8.68. The zero-order chi connectivity index (χ0) is 18.5. The molecule has 0 aromatic carbocycles. The van der Waals surface area contributed by atoms with Gasteiger partial charge in [0.2, 0.25) is 0 Å². The second-order valence-electron chi connectivity index (χ2n) is 7.51. The van der Waals surface area contributed by atoms with Gasteiger partial charge in [-0.25, -0.2) is 8.42 Å². The zero-order valence-electron chi connectivity index (χ0n) is 16.3. The molecule has 0 radical (unpaired) electrons. The summed E-state index contributed by atoms with van der Waals surface area (Å²) in [5.74, 6) is 1.04. The first-order valence-electron chi connectivity index (χ1n) is 9.49. The van der Waals surface area contributed by atoms with Crippen LogP contribution in [0.2, 0.25) is 0 Å². The molecule has 2 aliphatic rings. The SMILES string of the molecule is CCNC(=NCCN1CCN(CC)CC1)N1CCS(=O)(=O)C(C)(C)C1. The number of aliphatic imine (C=N–C) groups is 1. The van der Waals surface area contributed by atoms with Crippen molar-refractivity contribution in [1.29, 1.82) is 0 Å². The number of rotatable bonds is 5. The Morgan fingerprint density at radius 2 is 1.72 bits per heavy atom. The number of hydrogen-bond acceptors (Lipinski definition) is 5. The van der Waals surface area contributed by atoms with Crippen LogP contribution in [0.5, 0.6) is 0 Å². The smallest absolute Gasteiger partial charge is 0.194 e. The molecule has 2 fully saturated rings. The summed E-state index contributed by atoms with van der Waals surface area (Å²) in [6.07, 6.45) is 0. The molecule has 0 aliphatic carbocycles. The lowest BCUT2D eigenvalue weighted by Crippen LogP contribution is -2.57. The summed E-state index contributed by atoms with van der Waals surface area (Å²) in [4.78, 5) is 11.8. The molecule has 2 rings (SSSR count). The Bertz CT molecular complexity index is 553. The number of sulfone groups is 1. The van der Waals surface area contributed by atoms with Gasteiger partial charge in [-0.2, -0.15) is 0 Å². The van der Waals surface area contributed by atoms with E-state index in [4.69, 9.17) is 4.99 Å². The normalized spacial score (nSPS) is 25.1. The van der Waals surface area contributed by atoms with E-state index in [0.717, 1.165) is 58.3 Å². The Morgan fingerprint density at radius 3 is 2.28 bits per heavy atom. The Labute approximate surface area is 153 Å². The minimum atomic E-state index is -3.03. The van der Waals surface area contributed by atoms with Crippen molar-refractivity contribution >= 4 is 15.8 Å². The summed E-state index contributed by atoms with van der Waals surface area (Å²) in [6.45, 7) is 17.0. The van der Waals surface area contributed by atoms with E-state index in [1.165, 1.54) is 0 Å². The first-order chi connectivity index (χ1) is 11.8. The van der Waals surface area contributed by atoms with E-state index in [9.17, 15) is 8.42 Å². The van der Waals surface area contributed by atoms with E-state index in [1.54, 1.807) is 0 Å². The van der Waals surface area contributed by atoms with Gasteiger partial charge in [-0.3, -0.25) is 9.89 Å². The highest BCUT2D eigenvalue weighted by atomic mass is 32.2. The van der Waals surface area contributed by atoms with Gasteiger partial charge in [0.15, 0.2) is 15.8 Å². The summed E-state index contributed by atoms with van der Waals surface area (Å²) in [7, 11) is -3.03. The van der Waals surface area contributed by atoms with E-state index >= 15 is 0 Å². The van der Waals surface area contributed by atoms with Gasteiger partial charge in [-0.1, -0.05) is 6.92 Å². The molecule has 2 heterocycles. The van der Waals surface area contributed by atoms with Crippen molar-refractivity contribution in [3.63, 3.8) is 0 Å². The molecular weight excluding hydrogens is 338 g/mol. The highest BCUT2D eigenvalue weighted by molar-refractivity contribution is 7.92. The quantitative estimate of drug-likeness (QED) is 0.545. The van der Waals surface area contributed by atoms with Crippen LogP contribution in [0.15, 0.2) is 4.99 Å². The van der Waals surface area contributed by atoms with E-state index < -0.39 is 14.6 Å². The fourth-order valence-electron chi connectivity index (χ4n) is 3.38. The number of likely N-dealkylation sites (N-methyl/N-ethyl adjacent to an activating group) is 1. The second-order valence-corrected chi connectivity index (χ2v) is 10.3. The molecule has 0 atom stereocenters. The van der Waals surface area contributed by atoms with Crippen LogP contribution >= 0.6 is 0 Å². The highest BCUT2D eigenvalue weighted by Gasteiger charge is 2.40. The predicted octanol–water partition coefficient (Wildman–Crippen LogP) is 0.0984. The number of piperazine rings is 1. The van der Waals surface area contributed by atoms with Crippen LogP contribution in [-0.2, 0) is 9.84 Å². The van der Waals surface area contributed by atoms with E-state index in [-0.39, 0.29) is 5.75 Å². The van der Waals surface area contributed by atoms with Crippen LogP contribution in [0.3, 0.4) is 0 Å². The van der Waals surface area contributed by atoms with Gasteiger partial charge in [0.1, 0.15) is 0 Å². The lowest BCUT2D eigenvalue weighted by Gasteiger charge is -2.39. The van der Waals surface area contributed by atoms with Crippen molar-refractivity contribution in [3.8, 4) is 0 Å². The highest BCUT2D eigenvalue weighted by Crippen LogP contribution is 2.23. The van der Waals surface area contributed by atoms with Gasteiger partial charge in [0.05, 0.1) is 17.0 Å². The Hall–Kier alpha value is -0.860. The van der Waals surface area contributed by atoms with Crippen LogP contribution in [0.1, 0.15) is 27.7 Å². The molecule has 0 bridgehead atoms.